The highest BCUT2D eigenvalue weighted by Gasteiger charge is 2.35. The van der Waals surface area contributed by atoms with Crippen molar-refractivity contribution in [2.75, 3.05) is 13.1 Å². The molecule has 0 amide bonds. The topological polar surface area (TPSA) is 94.1 Å². The number of rotatable bonds is 3. The van der Waals surface area contributed by atoms with E-state index in [1.165, 1.54) is 0 Å². The summed E-state index contributed by atoms with van der Waals surface area (Å²) in [6.45, 7) is 3.43. The van der Waals surface area contributed by atoms with Gasteiger partial charge < -0.3 is 10.1 Å². The molecule has 0 fully saturated rings. The Morgan fingerprint density at radius 3 is 2.58 bits per heavy atom. The van der Waals surface area contributed by atoms with E-state index >= 15 is 0 Å². The van der Waals surface area contributed by atoms with Crippen molar-refractivity contribution >= 4 is 22.5 Å². The number of nitrogens with one attached hydrogen (secondary N) is 2. The van der Waals surface area contributed by atoms with Gasteiger partial charge in [-0.2, -0.15) is 0 Å². The van der Waals surface area contributed by atoms with Crippen LogP contribution >= 0.6 is 11.6 Å². The van der Waals surface area contributed by atoms with E-state index in [0.717, 1.165) is 39.7 Å². The van der Waals surface area contributed by atoms with E-state index in [9.17, 15) is 14.7 Å². The lowest BCUT2D eigenvalue weighted by Gasteiger charge is -2.35. The van der Waals surface area contributed by atoms with Crippen LogP contribution in [0.25, 0.3) is 16.6 Å². The molecule has 1 atom stereocenters. The highest BCUT2D eigenvalue weighted by molar-refractivity contribution is 6.30. The summed E-state index contributed by atoms with van der Waals surface area (Å²) in [6.07, 6.45) is 0.833. The molecule has 2 aromatic heterocycles. The van der Waals surface area contributed by atoms with Gasteiger partial charge in [0.05, 0.1) is 11.7 Å². The van der Waals surface area contributed by atoms with E-state index in [2.05, 4.69) is 20.9 Å². The van der Waals surface area contributed by atoms with E-state index in [-0.39, 0.29) is 11.4 Å². The van der Waals surface area contributed by atoms with Crippen molar-refractivity contribution in [1.29, 1.82) is 0 Å². The van der Waals surface area contributed by atoms with Gasteiger partial charge in [0, 0.05) is 28.2 Å². The van der Waals surface area contributed by atoms with Gasteiger partial charge >= 0.3 is 5.69 Å². The minimum Gasteiger partial charge on any atom is -0.494 e. The van der Waals surface area contributed by atoms with Crippen LogP contribution in [0.5, 0.6) is 5.88 Å². The number of benzene rings is 2. The average Bonchev–Trinajstić information content (AvgIpc) is 3.14. The molecule has 1 aliphatic rings. The second-order valence-corrected chi connectivity index (χ2v) is 8.09. The fraction of sp³-hybridized carbons (Fsp3) is 0.217. The molecule has 8 heteroatoms. The Morgan fingerprint density at radius 2 is 1.84 bits per heavy atom. The van der Waals surface area contributed by atoms with Crippen LogP contribution < -0.4 is 11.2 Å². The Labute approximate surface area is 182 Å². The fourth-order valence-electron chi connectivity index (χ4n) is 4.57. The average molecular weight is 437 g/mol. The number of fused-ring (bicyclic) bond motifs is 3. The third-order valence-electron chi connectivity index (χ3n) is 6.02. The fourth-order valence-corrected chi connectivity index (χ4v) is 4.70. The van der Waals surface area contributed by atoms with E-state index < -0.39 is 17.3 Å². The summed E-state index contributed by atoms with van der Waals surface area (Å²) in [5, 5.41) is 12.8. The predicted molar refractivity (Wildman–Crippen MR) is 120 cm³/mol. The van der Waals surface area contributed by atoms with Crippen molar-refractivity contribution in [3.8, 4) is 11.6 Å². The quantitative estimate of drug-likeness (QED) is 0.459. The highest BCUT2D eigenvalue weighted by atomic mass is 35.5. The van der Waals surface area contributed by atoms with Crippen LogP contribution in [0.4, 0.5) is 0 Å². The number of H-pyrrole nitrogens is 2. The molecule has 3 heterocycles. The number of likely N-dealkylation sites (N-methyl/N-ethyl adjacent to an activating group) is 1. The minimum absolute atomic E-state index is 0.143. The number of para-hydroxylation sites is 1. The van der Waals surface area contributed by atoms with Gasteiger partial charge in [-0.05, 0) is 48.9 Å². The molecular weight excluding hydrogens is 416 g/mol. The van der Waals surface area contributed by atoms with Gasteiger partial charge in [0.25, 0.3) is 5.56 Å². The molecule has 5 rings (SSSR count). The van der Waals surface area contributed by atoms with Crippen LogP contribution in [0, 0.1) is 0 Å². The number of hydrogen-bond acceptors (Lipinski definition) is 4. The van der Waals surface area contributed by atoms with E-state index in [0.29, 0.717) is 17.3 Å². The first-order chi connectivity index (χ1) is 15.0. The van der Waals surface area contributed by atoms with Gasteiger partial charge in [-0.25, -0.2) is 9.36 Å². The monoisotopic (exact) mass is 436 g/mol. The lowest BCUT2D eigenvalue weighted by Crippen LogP contribution is -2.41. The van der Waals surface area contributed by atoms with Crippen molar-refractivity contribution in [1.82, 2.24) is 19.4 Å². The summed E-state index contributed by atoms with van der Waals surface area (Å²) in [7, 11) is 0. The zero-order chi connectivity index (χ0) is 21.7. The molecule has 0 bridgehead atoms. The summed E-state index contributed by atoms with van der Waals surface area (Å²) in [5.74, 6) is -0.369. The van der Waals surface area contributed by atoms with Gasteiger partial charge in [-0.3, -0.25) is 14.7 Å². The molecule has 0 aliphatic carbocycles. The standard InChI is InChI=1S/C23H21ClN4O3/c1-2-27-12-11-16-15-5-3-4-6-17(15)25-19(16)20(27)18-21(29)26-23(31)28(22(18)30)14-9-7-13(24)8-10-14/h3-10,20,25,30H,2,11-12H2,1H3,(H,26,29,31)/t20-/m1/s1. The largest absolute Gasteiger partial charge is 0.494 e. The van der Waals surface area contributed by atoms with Gasteiger partial charge in [0.1, 0.15) is 5.56 Å². The Balaban J connectivity index is 1.78. The molecule has 2 aromatic carbocycles. The molecule has 0 radical (unpaired) electrons. The van der Waals surface area contributed by atoms with Crippen molar-refractivity contribution in [2.24, 2.45) is 0 Å². The van der Waals surface area contributed by atoms with Gasteiger partial charge in [-0.15, -0.1) is 0 Å². The van der Waals surface area contributed by atoms with Gasteiger partial charge in [-0.1, -0.05) is 36.7 Å². The summed E-state index contributed by atoms with van der Waals surface area (Å²) < 4.78 is 1.11. The molecule has 0 unspecified atom stereocenters. The zero-order valence-electron chi connectivity index (χ0n) is 16.9. The Bertz CT molecular complexity index is 1400. The maximum absolute atomic E-state index is 13.0. The van der Waals surface area contributed by atoms with Crippen LogP contribution in [0.2, 0.25) is 5.02 Å². The van der Waals surface area contributed by atoms with E-state index in [1.807, 2.05) is 25.1 Å². The third-order valence-corrected chi connectivity index (χ3v) is 6.27. The molecule has 0 saturated carbocycles. The van der Waals surface area contributed by atoms with Crippen LogP contribution in [0.1, 0.15) is 29.8 Å². The number of nitrogens with zero attached hydrogens (tertiary/aromatic N) is 2. The number of aromatic hydroxyl groups is 1. The smallest absolute Gasteiger partial charge is 0.335 e. The lowest BCUT2D eigenvalue weighted by atomic mass is 9.93. The van der Waals surface area contributed by atoms with Crippen molar-refractivity contribution in [3.63, 3.8) is 0 Å². The predicted octanol–water partition coefficient (Wildman–Crippen LogP) is 3.33. The summed E-state index contributed by atoms with van der Waals surface area (Å²) in [5.41, 5.74) is 2.25. The third kappa shape index (κ3) is 3.08. The molecule has 7 nitrogen and oxygen atoms in total. The molecule has 0 saturated heterocycles. The Hall–Kier alpha value is -3.29. The van der Waals surface area contributed by atoms with Crippen LogP contribution in [0.15, 0.2) is 58.1 Å². The van der Waals surface area contributed by atoms with Crippen LogP contribution in [0.3, 0.4) is 0 Å². The van der Waals surface area contributed by atoms with Crippen LogP contribution in [-0.2, 0) is 6.42 Å². The normalized spacial score (nSPS) is 16.5. The molecule has 0 spiro atoms. The van der Waals surface area contributed by atoms with Crippen molar-refractivity contribution in [3.05, 3.63) is 91.2 Å². The SMILES string of the molecule is CCN1CCc2c([nH]c3ccccc23)[C@H]1c1c(O)n(-c2ccc(Cl)cc2)c(=O)[nH]c1=O. The summed E-state index contributed by atoms with van der Waals surface area (Å²) in [4.78, 5) is 33.6. The first kappa shape index (κ1) is 19.7. The Morgan fingerprint density at radius 1 is 1.10 bits per heavy atom. The number of halogens is 1. The zero-order valence-corrected chi connectivity index (χ0v) is 17.6. The summed E-state index contributed by atoms with van der Waals surface area (Å²) >= 11 is 5.97. The summed E-state index contributed by atoms with van der Waals surface area (Å²) in [6, 6.07) is 14.0. The molecular formula is C23H21ClN4O3. The maximum Gasteiger partial charge on any atom is 0.335 e. The Kier molecular flexibility index (Phi) is 4.72. The second-order valence-electron chi connectivity index (χ2n) is 7.65. The van der Waals surface area contributed by atoms with Crippen molar-refractivity contribution < 1.29 is 5.11 Å². The van der Waals surface area contributed by atoms with Crippen LogP contribution in [-0.4, -0.2) is 37.6 Å². The molecule has 3 N–H and O–H groups in total. The molecule has 4 aromatic rings. The van der Waals surface area contributed by atoms with E-state index in [4.69, 9.17) is 11.6 Å². The molecule has 158 valence electrons. The molecule has 31 heavy (non-hydrogen) atoms. The van der Waals surface area contributed by atoms with Gasteiger partial charge in [0.2, 0.25) is 5.88 Å². The highest BCUT2D eigenvalue weighted by Crippen LogP contribution is 2.39. The number of hydrogen-bond donors (Lipinski definition) is 3. The maximum atomic E-state index is 13.0. The van der Waals surface area contributed by atoms with E-state index in [1.54, 1.807) is 24.3 Å². The lowest BCUT2D eigenvalue weighted by molar-refractivity contribution is 0.215. The molecule has 1 aliphatic heterocycles. The van der Waals surface area contributed by atoms with Crippen molar-refractivity contribution in [2.45, 2.75) is 19.4 Å². The minimum atomic E-state index is -0.704. The first-order valence-electron chi connectivity index (χ1n) is 10.2. The second kappa shape index (κ2) is 7.44. The number of aromatic amines is 2. The number of aromatic nitrogens is 3. The van der Waals surface area contributed by atoms with Gasteiger partial charge in [0.15, 0.2) is 0 Å². The first-order valence-corrected chi connectivity index (χ1v) is 10.5.